The van der Waals surface area contributed by atoms with E-state index in [0.717, 1.165) is 59.0 Å². The number of likely N-dealkylation sites (tertiary alicyclic amines) is 1. The average molecular weight is 507 g/mol. The van der Waals surface area contributed by atoms with Crippen LogP contribution in [-0.2, 0) is 18.7 Å². The zero-order valence-corrected chi connectivity index (χ0v) is 22.2. The highest BCUT2D eigenvalue weighted by molar-refractivity contribution is 6.00. The van der Waals surface area contributed by atoms with Gasteiger partial charge >= 0.3 is 0 Å². The van der Waals surface area contributed by atoms with Gasteiger partial charge in [0.1, 0.15) is 0 Å². The molecular formula is C32H34N4O2. The summed E-state index contributed by atoms with van der Waals surface area (Å²) in [5.74, 6) is 4.12. The summed E-state index contributed by atoms with van der Waals surface area (Å²) in [6, 6.07) is 13.4. The summed E-state index contributed by atoms with van der Waals surface area (Å²) in [7, 11) is 0. The molecule has 1 saturated heterocycles. The van der Waals surface area contributed by atoms with E-state index >= 15 is 0 Å². The van der Waals surface area contributed by atoms with Crippen molar-refractivity contribution in [1.82, 2.24) is 19.0 Å². The van der Waals surface area contributed by atoms with Crippen LogP contribution in [0.1, 0.15) is 60.5 Å². The van der Waals surface area contributed by atoms with Gasteiger partial charge in [-0.3, -0.25) is 4.79 Å². The van der Waals surface area contributed by atoms with Crippen LogP contribution in [0.3, 0.4) is 0 Å². The Bertz CT molecular complexity index is 1690. The normalized spacial score (nSPS) is 31.0. The molecule has 5 aliphatic rings. The van der Waals surface area contributed by atoms with E-state index in [9.17, 15) is 9.90 Å². The zero-order valence-electron chi connectivity index (χ0n) is 22.2. The van der Waals surface area contributed by atoms with E-state index in [0.29, 0.717) is 30.5 Å². The fourth-order valence-electron chi connectivity index (χ4n) is 8.37. The molecule has 3 aliphatic carbocycles. The van der Waals surface area contributed by atoms with Gasteiger partial charge in [-0.25, -0.2) is 4.98 Å². The van der Waals surface area contributed by atoms with Crippen molar-refractivity contribution in [3.63, 3.8) is 0 Å². The van der Waals surface area contributed by atoms with Crippen LogP contribution >= 0.6 is 0 Å². The third-order valence-electron chi connectivity index (χ3n) is 10.7. The quantitative estimate of drug-likeness (QED) is 0.399. The molecule has 5 atom stereocenters. The van der Waals surface area contributed by atoms with Crippen LogP contribution in [-0.4, -0.2) is 42.6 Å². The maximum absolute atomic E-state index is 13.8. The van der Waals surface area contributed by atoms with Gasteiger partial charge in [-0.15, -0.1) is 0 Å². The van der Waals surface area contributed by atoms with Crippen LogP contribution < -0.4 is 0 Å². The molecule has 4 fully saturated rings. The molecule has 194 valence electrons. The molecule has 1 N–H and O–H groups in total. The number of imidazole rings is 1. The van der Waals surface area contributed by atoms with Crippen LogP contribution in [0, 0.1) is 30.6 Å². The number of carbonyl (C=O) groups excluding carboxylic acids is 1. The SMILES string of the molecule is Cc1ccc2c(c1)cc(-c1nc3cc(C(=O)N4CC5CC6CC4[C@H]65)cc4c3n1CCC4(C)O)n2CC1CC1. The van der Waals surface area contributed by atoms with Crippen molar-refractivity contribution in [2.45, 2.75) is 70.7 Å². The minimum atomic E-state index is -0.981. The smallest absolute Gasteiger partial charge is 0.254 e. The van der Waals surface area contributed by atoms with Crippen molar-refractivity contribution in [3.05, 3.63) is 53.1 Å². The van der Waals surface area contributed by atoms with Gasteiger partial charge < -0.3 is 19.1 Å². The summed E-state index contributed by atoms with van der Waals surface area (Å²) < 4.78 is 4.76. The zero-order chi connectivity index (χ0) is 25.5. The molecule has 1 amide bonds. The van der Waals surface area contributed by atoms with Crippen LogP contribution in [0.15, 0.2) is 36.4 Å². The molecule has 4 unspecified atom stereocenters. The Balaban J connectivity index is 1.22. The Hall–Kier alpha value is -3.12. The second-order valence-corrected chi connectivity index (χ2v) is 13.2. The molecular weight excluding hydrogens is 472 g/mol. The third-order valence-corrected chi connectivity index (χ3v) is 10.7. The number of hydrogen-bond donors (Lipinski definition) is 1. The summed E-state index contributed by atoms with van der Waals surface area (Å²) in [4.78, 5) is 21.2. The van der Waals surface area contributed by atoms with E-state index in [1.165, 1.54) is 42.1 Å². The molecule has 2 aromatic carbocycles. The Labute approximate surface area is 222 Å². The highest BCUT2D eigenvalue weighted by Crippen LogP contribution is 2.61. The van der Waals surface area contributed by atoms with E-state index in [-0.39, 0.29) is 5.91 Å². The second-order valence-electron chi connectivity index (χ2n) is 13.2. The number of aryl methyl sites for hydroxylation is 2. The molecule has 2 aliphatic heterocycles. The summed E-state index contributed by atoms with van der Waals surface area (Å²) in [5.41, 5.74) is 6.03. The molecule has 0 radical (unpaired) electrons. The van der Waals surface area contributed by atoms with Crippen LogP contribution in [0.25, 0.3) is 33.5 Å². The molecule has 38 heavy (non-hydrogen) atoms. The fourth-order valence-corrected chi connectivity index (χ4v) is 8.37. The highest BCUT2D eigenvalue weighted by atomic mass is 16.3. The van der Waals surface area contributed by atoms with E-state index < -0.39 is 5.60 Å². The molecule has 0 spiro atoms. The molecule has 4 aromatic rings. The second kappa shape index (κ2) is 7.09. The van der Waals surface area contributed by atoms with Crippen LogP contribution in [0.5, 0.6) is 0 Å². The highest BCUT2D eigenvalue weighted by Gasteiger charge is 2.61. The van der Waals surface area contributed by atoms with E-state index in [1.807, 2.05) is 19.1 Å². The minimum absolute atomic E-state index is 0.122. The first-order chi connectivity index (χ1) is 18.4. The first-order valence-electron chi connectivity index (χ1n) is 14.5. The van der Waals surface area contributed by atoms with Gasteiger partial charge in [0.05, 0.1) is 22.3 Å². The predicted octanol–water partition coefficient (Wildman–Crippen LogP) is 5.47. The van der Waals surface area contributed by atoms with Gasteiger partial charge in [0.25, 0.3) is 5.91 Å². The lowest BCUT2D eigenvalue weighted by molar-refractivity contribution is -0.0204. The van der Waals surface area contributed by atoms with Gasteiger partial charge in [0, 0.05) is 47.7 Å². The van der Waals surface area contributed by atoms with Crippen molar-refractivity contribution >= 4 is 27.8 Å². The number of amides is 1. The maximum Gasteiger partial charge on any atom is 0.254 e. The predicted molar refractivity (Wildman–Crippen MR) is 147 cm³/mol. The van der Waals surface area contributed by atoms with Crippen LogP contribution in [0.4, 0.5) is 0 Å². The number of fused-ring (bicyclic) bond motifs is 1. The van der Waals surface area contributed by atoms with E-state index in [1.54, 1.807) is 0 Å². The molecule has 4 heterocycles. The molecule has 0 bridgehead atoms. The minimum Gasteiger partial charge on any atom is -0.385 e. The van der Waals surface area contributed by atoms with Gasteiger partial charge in [0.15, 0.2) is 5.82 Å². The standard InChI is InChI=1S/C32H34N4O2/c1-17-3-6-25-19(9-17)13-27(35(25)15-18-4-5-18)30-33-24-12-21(11-23-29(24)34(30)8-7-32(23,2)38)31(37)36-16-22-10-20-14-26(36)28(20)22/h3,6,9,11-13,18,20,22,26,28,38H,4-5,7-8,10,14-16H2,1-2H3/t20?,22?,26?,28-,32?/m1/s1. The third kappa shape index (κ3) is 2.82. The van der Waals surface area contributed by atoms with Gasteiger partial charge in [-0.1, -0.05) is 11.6 Å². The Morgan fingerprint density at radius 2 is 2.00 bits per heavy atom. The number of hydrogen-bond acceptors (Lipinski definition) is 3. The number of nitrogens with zero attached hydrogens (tertiary/aromatic N) is 4. The number of rotatable bonds is 4. The first-order valence-corrected chi connectivity index (χ1v) is 14.5. The lowest BCUT2D eigenvalue weighted by atomic mass is 9.53. The Morgan fingerprint density at radius 3 is 2.79 bits per heavy atom. The fraction of sp³-hybridized carbons (Fsp3) is 0.500. The number of benzene rings is 2. The number of aromatic nitrogens is 3. The van der Waals surface area contributed by atoms with Gasteiger partial charge in [-0.05, 0) is 100.0 Å². The Kier molecular flexibility index (Phi) is 4.06. The molecule has 6 heteroatoms. The van der Waals surface area contributed by atoms with Crippen molar-refractivity contribution < 1.29 is 9.90 Å². The van der Waals surface area contributed by atoms with Crippen molar-refractivity contribution in [3.8, 4) is 11.5 Å². The monoisotopic (exact) mass is 506 g/mol. The van der Waals surface area contributed by atoms with Crippen molar-refractivity contribution in [1.29, 1.82) is 0 Å². The van der Waals surface area contributed by atoms with E-state index in [2.05, 4.69) is 45.2 Å². The number of carbonyl (C=O) groups is 1. The van der Waals surface area contributed by atoms with E-state index in [4.69, 9.17) is 4.98 Å². The summed E-state index contributed by atoms with van der Waals surface area (Å²) in [6.07, 6.45) is 5.66. The largest absolute Gasteiger partial charge is 0.385 e. The molecule has 2 aromatic heterocycles. The summed E-state index contributed by atoms with van der Waals surface area (Å²) in [6.45, 7) is 6.66. The average Bonchev–Trinajstić information content (AvgIpc) is 3.52. The first kappa shape index (κ1) is 21.8. The lowest BCUT2D eigenvalue weighted by Crippen LogP contribution is -2.53. The number of aliphatic hydroxyl groups is 1. The van der Waals surface area contributed by atoms with Gasteiger partial charge in [-0.2, -0.15) is 0 Å². The van der Waals surface area contributed by atoms with Gasteiger partial charge in [0.2, 0.25) is 0 Å². The van der Waals surface area contributed by atoms with Crippen molar-refractivity contribution in [2.75, 3.05) is 6.54 Å². The molecule has 3 saturated carbocycles. The molecule has 9 rings (SSSR count). The maximum atomic E-state index is 13.8. The van der Waals surface area contributed by atoms with Crippen molar-refractivity contribution in [2.24, 2.45) is 23.7 Å². The topological polar surface area (TPSA) is 63.3 Å². The van der Waals surface area contributed by atoms with Crippen LogP contribution in [0.2, 0.25) is 0 Å². The summed E-state index contributed by atoms with van der Waals surface area (Å²) >= 11 is 0. The molecule has 6 nitrogen and oxygen atoms in total. The summed E-state index contributed by atoms with van der Waals surface area (Å²) in [5, 5.41) is 12.7. The Morgan fingerprint density at radius 1 is 1.13 bits per heavy atom. The lowest BCUT2D eigenvalue weighted by Gasteiger charge is -2.52.